The van der Waals surface area contributed by atoms with Gasteiger partial charge in [0.25, 0.3) is 15.9 Å². The number of nitrogens with zero attached hydrogens (tertiary/aromatic N) is 2. The largest absolute Gasteiger partial charge is 0.497 e. The number of hydrogen-bond donors (Lipinski definition) is 0. The summed E-state index contributed by atoms with van der Waals surface area (Å²) in [5.41, 5.74) is 1.02. The molecule has 8 heteroatoms. The molecule has 0 saturated carbocycles. The Labute approximate surface area is 170 Å². The Bertz CT molecular complexity index is 899. The summed E-state index contributed by atoms with van der Waals surface area (Å²) in [6.07, 6.45) is 4.28. The third-order valence-electron chi connectivity index (χ3n) is 4.91. The van der Waals surface area contributed by atoms with Gasteiger partial charge in [-0.1, -0.05) is 12.8 Å². The van der Waals surface area contributed by atoms with Crippen molar-refractivity contribution in [3.8, 4) is 5.75 Å². The topological polar surface area (TPSA) is 66.9 Å². The number of thiophene rings is 1. The van der Waals surface area contributed by atoms with Gasteiger partial charge < -0.3 is 9.64 Å². The highest BCUT2D eigenvalue weighted by Gasteiger charge is 2.27. The van der Waals surface area contributed by atoms with E-state index in [2.05, 4.69) is 0 Å². The number of hydrogen-bond acceptors (Lipinski definition) is 5. The third-order valence-corrected chi connectivity index (χ3v) is 8.23. The van der Waals surface area contributed by atoms with E-state index in [1.54, 1.807) is 43.7 Å². The molecule has 0 unspecified atom stereocenters. The Kier molecular flexibility index (Phi) is 6.61. The maximum Gasteiger partial charge on any atom is 0.273 e. The Balaban J connectivity index is 1.83. The van der Waals surface area contributed by atoms with Crippen LogP contribution in [0.1, 0.15) is 43.0 Å². The third kappa shape index (κ3) is 4.33. The van der Waals surface area contributed by atoms with E-state index >= 15 is 0 Å². The average Bonchev–Trinajstić information content (AvgIpc) is 3.05. The number of rotatable bonds is 6. The molecule has 2 heterocycles. The zero-order valence-electron chi connectivity index (χ0n) is 16.3. The van der Waals surface area contributed by atoms with Gasteiger partial charge in [-0.15, -0.1) is 11.3 Å². The van der Waals surface area contributed by atoms with Crippen molar-refractivity contribution in [1.29, 1.82) is 0 Å². The molecule has 0 spiro atoms. The van der Waals surface area contributed by atoms with Crippen molar-refractivity contribution < 1.29 is 17.9 Å². The highest BCUT2D eigenvalue weighted by molar-refractivity contribution is 7.94. The number of amides is 1. The van der Waals surface area contributed by atoms with Crippen LogP contribution in [0.15, 0.2) is 39.9 Å². The summed E-state index contributed by atoms with van der Waals surface area (Å²) in [6, 6.07) is 8.42. The minimum absolute atomic E-state index is 0.0768. The minimum Gasteiger partial charge on any atom is -0.497 e. The summed E-state index contributed by atoms with van der Waals surface area (Å²) in [4.78, 5) is 14.6. The van der Waals surface area contributed by atoms with Crippen LogP contribution in [0.4, 0.5) is 5.69 Å². The molecule has 1 aromatic carbocycles. The molecule has 0 atom stereocenters. The van der Waals surface area contributed by atoms with Gasteiger partial charge in [-0.2, -0.15) is 0 Å². The molecule has 6 nitrogen and oxygen atoms in total. The average molecular weight is 423 g/mol. The van der Waals surface area contributed by atoms with Gasteiger partial charge in [-0.25, -0.2) is 8.42 Å². The first-order valence-corrected chi connectivity index (χ1v) is 11.8. The summed E-state index contributed by atoms with van der Waals surface area (Å²) in [6.45, 7) is 3.56. The molecule has 3 rings (SSSR count). The van der Waals surface area contributed by atoms with Crippen molar-refractivity contribution in [2.45, 2.75) is 36.8 Å². The van der Waals surface area contributed by atoms with Crippen molar-refractivity contribution in [1.82, 2.24) is 4.90 Å². The van der Waals surface area contributed by atoms with E-state index in [9.17, 15) is 13.2 Å². The highest BCUT2D eigenvalue weighted by atomic mass is 32.2. The Hall–Kier alpha value is -2.06. The van der Waals surface area contributed by atoms with Crippen LogP contribution in [0.3, 0.4) is 0 Å². The summed E-state index contributed by atoms with van der Waals surface area (Å²) < 4.78 is 33.0. The summed E-state index contributed by atoms with van der Waals surface area (Å²) in [5, 5.41) is 1.65. The molecule has 0 aliphatic carbocycles. The van der Waals surface area contributed by atoms with Crippen LogP contribution < -0.4 is 9.04 Å². The molecule has 1 amide bonds. The van der Waals surface area contributed by atoms with Crippen LogP contribution in [0.5, 0.6) is 5.75 Å². The first-order chi connectivity index (χ1) is 13.5. The van der Waals surface area contributed by atoms with E-state index in [-0.39, 0.29) is 10.1 Å². The summed E-state index contributed by atoms with van der Waals surface area (Å²) >= 11 is 1.10. The summed E-state index contributed by atoms with van der Waals surface area (Å²) in [5.74, 6) is 0.589. The number of benzene rings is 1. The van der Waals surface area contributed by atoms with Gasteiger partial charge >= 0.3 is 0 Å². The Morgan fingerprint density at radius 2 is 1.79 bits per heavy atom. The fourth-order valence-corrected chi connectivity index (χ4v) is 6.11. The van der Waals surface area contributed by atoms with Gasteiger partial charge in [-0.3, -0.25) is 9.10 Å². The fraction of sp³-hybridized carbons (Fsp3) is 0.450. The van der Waals surface area contributed by atoms with E-state index in [4.69, 9.17) is 4.74 Å². The Morgan fingerprint density at radius 1 is 1.14 bits per heavy atom. The van der Waals surface area contributed by atoms with Crippen LogP contribution in [-0.4, -0.2) is 46.0 Å². The van der Waals surface area contributed by atoms with Gasteiger partial charge in [0.1, 0.15) is 9.96 Å². The first-order valence-electron chi connectivity index (χ1n) is 9.52. The number of ether oxygens (including phenoxy) is 1. The monoisotopic (exact) mass is 422 g/mol. The zero-order chi connectivity index (χ0) is 20.1. The van der Waals surface area contributed by atoms with Crippen molar-refractivity contribution >= 4 is 33.0 Å². The molecule has 0 N–H and O–H groups in total. The SMILES string of the molecule is CCN(c1ccc(OC)cc1)S(=O)(=O)c1cc(C(=O)N2CCCCCC2)cs1. The van der Waals surface area contributed by atoms with E-state index in [0.29, 0.717) is 23.5 Å². The number of carbonyl (C=O) groups excluding carboxylic acids is 1. The molecule has 1 aromatic heterocycles. The maximum atomic E-state index is 13.2. The lowest BCUT2D eigenvalue weighted by atomic mass is 10.2. The molecule has 1 saturated heterocycles. The molecule has 2 aromatic rings. The molecular weight excluding hydrogens is 396 g/mol. The van der Waals surface area contributed by atoms with Crippen LogP contribution in [0.2, 0.25) is 0 Å². The van der Waals surface area contributed by atoms with Crippen LogP contribution in [-0.2, 0) is 10.0 Å². The minimum atomic E-state index is -3.73. The van der Waals surface area contributed by atoms with Crippen molar-refractivity contribution in [2.24, 2.45) is 0 Å². The quantitative estimate of drug-likeness (QED) is 0.706. The second-order valence-electron chi connectivity index (χ2n) is 6.73. The number of sulfonamides is 1. The lowest BCUT2D eigenvalue weighted by molar-refractivity contribution is 0.0762. The molecule has 0 bridgehead atoms. The standard InChI is InChI=1S/C20H26N2O4S2/c1-3-22(17-8-10-18(26-2)11-9-17)28(24,25)19-14-16(15-27-19)20(23)21-12-6-4-5-7-13-21/h8-11,14-15H,3-7,12-13H2,1-2H3. The lowest BCUT2D eigenvalue weighted by Gasteiger charge is -2.22. The predicted octanol–water partition coefficient (Wildman–Crippen LogP) is 3.99. The van der Waals surface area contributed by atoms with Gasteiger partial charge in [0.2, 0.25) is 0 Å². The van der Waals surface area contributed by atoms with Crippen LogP contribution >= 0.6 is 11.3 Å². The number of methoxy groups -OCH3 is 1. The van der Waals surface area contributed by atoms with Crippen molar-refractivity contribution in [3.63, 3.8) is 0 Å². The summed E-state index contributed by atoms with van der Waals surface area (Å²) in [7, 11) is -2.17. The first kappa shape index (κ1) is 20.7. The van der Waals surface area contributed by atoms with Crippen LogP contribution in [0, 0.1) is 0 Å². The normalized spacial score (nSPS) is 15.1. The van der Waals surface area contributed by atoms with E-state index in [1.165, 1.54) is 10.4 Å². The van der Waals surface area contributed by atoms with Crippen molar-refractivity contribution in [2.75, 3.05) is 31.0 Å². The van der Waals surface area contributed by atoms with E-state index in [1.807, 2.05) is 4.90 Å². The fourth-order valence-electron chi connectivity index (χ4n) is 3.37. The van der Waals surface area contributed by atoms with Gasteiger partial charge in [-0.05, 0) is 50.1 Å². The molecule has 152 valence electrons. The Morgan fingerprint density at radius 3 is 2.36 bits per heavy atom. The number of anilines is 1. The van der Waals surface area contributed by atoms with Crippen molar-refractivity contribution in [3.05, 3.63) is 41.3 Å². The molecule has 1 aliphatic rings. The predicted molar refractivity (Wildman–Crippen MR) is 112 cm³/mol. The molecule has 0 radical (unpaired) electrons. The second kappa shape index (κ2) is 8.96. The van der Waals surface area contributed by atoms with E-state index < -0.39 is 10.0 Å². The lowest BCUT2D eigenvalue weighted by Crippen LogP contribution is -2.32. The highest BCUT2D eigenvalue weighted by Crippen LogP contribution is 2.29. The number of likely N-dealkylation sites (tertiary alicyclic amines) is 1. The van der Waals surface area contributed by atoms with Gasteiger partial charge in [0, 0.05) is 25.0 Å². The van der Waals surface area contributed by atoms with Gasteiger partial charge in [0.05, 0.1) is 18.4 Å². The van der Waals surface area contributed by atoms with Crippen LogP contribution in [0.25, 0.3) is 0 Å². The number of carbonyl (C=O) groups is 1. The molecule has 1 aliphatic heterocycles. The molecule has 28 heavy (non-hydrogen) atoms. The van der Waals surface area contributed by atoms with E-state index in [0.717, 1.165) is 50.1 Å². The zero-order valence-corrected chi connectivity index (χ0v) is 17.9. The molecular formula is C20H26N2O4S2. The molecule has 1 fully saturated rings. The maximum absolute atomic E-state index is 13.2. The second-order valence-corrected chi connectivity index (χ2v) is 9.73. The smallest absolute Gasteiger partial charge is 0.273 e. The van der Waals surface area contributed by atoms with Gasteiger partial charge in [0.15, 0.2) is 0 Å².